The van der Waals surface area contributed by atoms with Crippen molar-refractivity contribution >= 4 is 22.8 Å². The maximum atomic E-state index is 11.1. The Kier molecular flexibility index (Phi) is 4.55. The number of fused-ring (bicyclic) bond motifs is 1. The largest absolute Gasteiger partial charge is 0.481 e. The number of benzene rings is 1. The van der Waals surface area contributed by atoms with Crippen LogP contribution in [0.2, 0.25) is 0 Å². The number of carboxylic acids is 1. The van der Waals surface area contributed by atoms with Gasteiger partial charge in [-0.25, -0.2) is 4.98 Å². The second-order valence-corrected chi connectivity index (χ2v) is 6.32. The van der Waals surface area contributed by atoms with Crippen molar-refractivity contribution in [2.75, 3.05) is 18.0 Å². The maximum Gasteiger partial charge on any atom is 0.306 e. The fraction of sp³-hybridized carbons (Fsp3) is 0.556. The van der Waals surface area contributed by atoms with Gasteiger partial charge >= 0.3 is 5.97 Å². The Morgan fingerprint density at radius 1 is 1.35 bits per heavy atom. The predicted molar refractivity (Wildman–Crippen MR) is 89.9 cm³/mol. The Morgan fingerprint density at radius 3 is 2.65 bits per heavy atom. The van der Waals surface area contributed by atoms with Gasteiger partial charge in [0.05, 0.1) is 5.92 Å². The standard InChI is InChI=1S/C18H24N2O3/c1-3-12(4-2)17-19-15-11-14(5-6-16(15)23-17)20-9-7-13(8-10-20)18(21)22/h5-6,11-13H,3-4,7-10H2,1-2H3,(H,21,22). The molecule has 1 saturated heterocycles. The van der Waals surface area contributed by atoms with Crippen LogP contribution in [0.25, 0.3) is 11.1 Å². The van der Waals surface area contributed by atoms with E-state index in [1.54, 1.807) is 0 Å². The summed E-state index contributed by atoms with van der Waals surface area (Å²) in [6, 6.07) is 6.09. The van der Waals surface area contributed by atoms with Crippen LogP contribution >= 0.6 is 0 Å². The first-order chi connectivity index (χ1) is 11.1. The molecule has 1 fully saturated rings. The molecule has 1 N–H and O–H groups in total. The van der Waals surface area contributed by atoms with Crippen LogP contribution < -0.4 is 4.90 Å². The van der Waals surface area contributed by atoms with Crippen LogP contribution in [0.3, 0.4) is 0 Å². The molecule has 23 heavy (non-hydrogen) atoms. The lowest BCUT2D eigenvalue weighted by Gasteiger charge is -2.31. The van der Waals surface area contributed by atoms with E-state index in [-0.39, 0.29) is 5.92 Å². The van der Waals surface area contributed by atoms with Crippen molar-refractivity contribution in [3.63, 3.8) is 0 Å². The molecule has 0 amide bonds. The minimum Gasteiger partial charge on any atom is -0.481 e. The van der Waals surface area contributed by atoms with Gasteiger partial charge < -0.3 is 14.4 Å². The number of nitrogens with zero attached hydrogens (tertiary/aromatic N) is 2. The van der Waals surface area contributed by atoms with Crippen molar-refractivity contribution in [1.82, 2.24) is 4.98 Å². The van der Waals surface area contributed by atoms with Crippen LogP contribution in [-0.4, -0.2) is 29.1 Å². The fourth-order valence-electron chi connectivity index (χ4n) is 3.33. The summed E-state index contributed by atoms with van der Waals surface area (Å²) in [4.78, 5) is 18.0. The number of rotatable bonds is 5. The minimum absolute atomic E-state index is 0.205. The number of aliphatic carboxylic acids is 1. The average Bonchev–Trinajstić information content (AvgIpc) is 2.99. The van der Waals surface area contributed by atoms with Crippen molar-refractivity contribution < 1.29 is 14.3 Å². The Labute approximate surface area is 136 Å². The van der Waals surface area contributed by atoms with Crippen LogP contribution in [0, 0.1) is 5.92 Å². The van der Waals surface area contributed by atoms with E-state index in [0.717, 1.165) is 48.6 Å². The molecular formula is C18H24N2O3. The molecule has 1 aliphatic heterocycles. The summed E-state index contributed by atoms with van der Waals surface area (Å²) >= 11 is 0. The van der Waals surface area contributed by atoms with Gasteiger partial charge in [0.15, 0.2) is 11.5 Å². The number of oxazole rings is 1. The Hall–Kier alpha value is -2.04. The molecule has 1 aromatic carbocycles. The lowest BCUT2D eigenvalue weighted by Crippen LogP contribution is -2.36. The van der Waals surface area contributed by atoms with Gasteiger partial charge in [-0.1, -0.05) is 13.8 Å². The summed E-state index contributed by atoms with van der Waals surface area (Å²) in [6.07, 6.45) is 3.45. The molecule has 0 saturated carbocycles. The zero-order valence-corrected chi connectivity index (χ0v) is 13.8. The normalized spacial score (nSPS) is 16.4. The zero-order valence-electron chi connectivity index (χ0n) is 13.8. The van der Waals surface area contributed by atoms with Gasteiger partial charge in [-0.15, -0.1) is 0 Å². The van der Waals surface area contributed by atoms with Crippen LogP contribution in [0.5, 0.6) is 0 Å². The fourth-order valence-corrected chi connectivity index (χ4v) is 3.33. The Balaban J connectivity index is 1.79. The third-order valence-electron chi connectivity index (χ3n) is 4.93. The highest BCUT2D eigenvalue weighted by atomic mass is 16.4. The van der Waals surface area contributed by atoms with Gasteiger partial charge in [0.1, 0.15) is 5.52 Å². The summed E-state index contributed by atoms with van der Waals surface area (Å²) < 4.78 is 5.90. The monoisotopic (exact) mass is 316 g/mol. The summed E-state index contributed by atoms with van der Waals surface area (Å²) in [5.74, 6) is 0.318. The number of hydrogen-bond donors (Lipinski definition) is 1. The highest BCUT2D eigenvalue weighted by Gasteiger charge is 2.25. The molecule has 5 nitrogen and oxygen atoms in total. The molecule has 0 aliphatic carbocycles. The number of piperidine rings is 1. The number of aromatic nitrogens is 1. The second-order valence-electron chi connectivity index (χ2n) is 6.32. The van der Waals surface area contributed by atoms with E-state index in [9.17, 15) is 4.79 Å². The lowest BCUT2D eigenvalue weighted by molar-refractivity contribution is -0.142. The molecule has 1 aromatic heterocycles. The van der Waals surface area contributed by atoms with Crippen molar-refractivity contribution in [2.24, 2.45) is 5.92 Å². The summed E-state index contributed by atoms with van der Waals surface area (Å²) in [5.41, 5.74) is 2.83. The molecule has 0 spiro atoms. The van der Waals surface area contributed by atoms with E-state index in [1.165, 1.54) is 0 Å². The van der Waals surface area contributed by atoms with Gasteiger partial charge in [-0.2, -0.15) is 0 Å². The number of carbonyl (C=O) groups is 1. The molecule has 0 radical (unpaired) electrons. The van der Waals surface area contributed by atoms with Crippen LogP contribution in [0.4, 0.5) is 5.69 Å². The van der Waals surface area contributed by atoms with Crippen molar-refractivity contribution in [2.45, 2.75) is 45.4 Å². The van der Waals surface area contributed by atoms with Gasteiger partial charge in [-0.3, -0.25) is 4.79 Å². The first kappa shape index (κ1) is 15.8. The van der Waals surface area contributed by atoms with E-state index in [4.69, 9.17) is 9.52 Å². The highest BCUT2D eigenvalue weighted by molar-refractivity contribution is 5.78. The SMILES string of the molecule is CCC(CC)c1nc2cc(N3CCC(C(=O)O)CC3)ccc2o1. The van der Waals surface area contributed by atoms with E-state index >= 15 is 0 Å². The molecule has 2 heterocycles. The highest BCUT2D eigenvalue weighted by Crippen LogP contribution is 2.30. The van der Waals surface area contributed by atoms with Gasteiger partial charge in [0.2, 0.25) is 0 Å². The molecular weight excluding hydrogens is 292 g/mol. The molecule has 5 heteroatoms. The molecule has 0 atom stereocenters. The number of carboxylic acid groups (broad SMARTS) is 1. The Morgan fingerprint density at radius 2 is 2.04 bits per heavy atom. The van der Waals surface area contributed by atoms with Gasteiger partial charge in [-0.05, 0) is 43.9 Å². The van der Waals surface area contributed by atoms with Crippen LogP contribution in [0.15, 0.2) is 22.6 Å². The van der Waals surface area contributed by atoms with Gasteiger partial charge in [0.25, 0.3) is 0 Å². The Bertz CT molecular complexity index is 683. The quantitative estimate of drug-likeness (QED) is 0.902. The first-order valence-corrected chi connectivity index (χ1v) is 8.50. The summed E-state index contributed by atoms with van der Waals surface area (Å²) in [5, 5.41) is 9.10. The van der Waals surface area contributed by atoms with Crippen LogP contribution in [0.1, 0.15) is 51.3 Å². The van der Waals surface area contributed by atoms with E-state index < -0.39 is 5.97 Å². The molecule has 3 rings (SSSR count). The molecule has 124 valence electrons. The smallest absolute Gasteiger partial charge is 0.306 e. The third kappa shape index (κ3) is 3.19. The van der Waals surface area contributed by atoms with Crippen molar-refractivity contribution in [3.05, 3.63) is 24.1 Å². The summed E-state index contributed by atoms with van der Waals surface area (Å²) in [6.45, 7) is 5.86. The minimum atomic E-state index is -0.675. The molecule has 1 aliphatic rings. The van der Waals surface area contributed by atoms with Crippen molar-refractivity contribution in [3.8, 4) is 0 Å². The summed E-state index contributed by atoms with van der Waals surface area (Å²) in [7, 11) is 0. The second kappa shape index (κ2) is 6.60. The van der Waals surface area contributed by atoms with E-state index in [2.05, 4.69) is 29.8 Å². The van der Waals surface area contributed by atoms with Gasteiger partial charge in [0, 0.05) is 24.7 Å². The maximum absolute atomic E-state index is 11.1. The predicted octanol–water partition coefficient (Wildman–Crippen LogP) is 4.03. The zero-order chi connectivity index (χ0) is 16.4. The number of hydrogen-bond acceptors (Lipinski definition) is 4. The lowest BCUT2D eigenvalue weighted by atomic mass is 9.97. The van der Waals surface area contributed by atoms with Crippen LogP contribution in [-0.2, 0) is 4.79 Å². The van der Waals surface area contributed by atoms with E-state index in [0.29, 0.717) is 18.8 Å². The van der Waals surface area contributed by atoms with E-state index in [1.807, 2.05) is 12.1 Å². The molecule has 0 bridgehead atoms. The number of anilines is 1. The topological polar surface area (TPSA) is 66.6 Å². The third-order valence-corrected chi connectivity index (χ3v) is 4.93. The molecule has 2 aromatic rings. The first-order valence-electron chi connectivity index (χ1n) is 8.50. The average molecular weight is 316 g/mol. The van der Waals surface area contributed by atoms with Crippen molar-refractivity contribution in [1.29, 1.82) is 0 Å². The molecule has 0 unspecified atom stereocenters.